The summed E-state index contributed by atoms with van der Waals surface area (Å²) in [7, 11) is 0. The van der Waals surface area contributed by atoms with Gasteiger partial charge in [0.25, 0.3) is 0 Å². The maximum Gasteiger partial charge on any atom is 0.124 e. The van der Waals surface area contributed by atoms with Gasteiger partial charge in [0.2, 0.25) is 0 Å². The minimum atomic E-state index is 0. The first kappa shape index (κ1) is 37.0. The molecule has 0 saturated heterocycles. The molecule has 0 atom stereocenters. The molecule has 0 aromatic heterocycles. The highest BCUT2D eigenvalue weighted by Gasteiger charge is 2.06. The van der Waals surface area contributed by atoms with Gasteiger partial charge in [0.15, 0.2) is 0 Å². The first-order chi connectivity index (χ1) is 19.0. The number of nitrogens with zero attached hydrogens (tertiary/aromatic N) is 2. The van der Waals surface area contributed by atoms with Gasteiger partial charge >= 0.3 is 0 Å². The Morgan fingerprint density at radius 1 is 0.650 bits per heavy atom. The van der Waals surface area contributed by atoms with Crippen molar-refractivity contribution in [2.45, 2.75) is 131 Å². The summed E-state index contributed by atoms with van der Waals surface area (Å²) in [6, 6.07) is 11.0. The standard InChI is InChI=1S/C17H27NO2.C16H25NO2.CH4/c1-3-4-5-6-7-8-9-10-15-11-12-17(19)16(13-15)14(2)18-20;1-2-3-4-5-6-7-8-9-14-10-11-16(18)15(12-14)13-17-19;/h11-13,19-20H,3-10H2,1-2H3;10-13,18-19H,2-9H2,1H3;1H4/b18-14-;17-13-;. The number of rotatable bonds is 18. The molecule has 0 heterocycles. The first-order valence-electron chi connectivity index (χ1n) is 15.0. The molecule has 6 heteroatoms. The van der Waals surface area contributed by atoms with Gasteiger partial charge in [-0.1, -0.05) is 121 Å². The van der Waals surface area contributed by atoms with E-state index in [4.69, 9.17) is 10.4 Å². The van der Waals surface area contributed by atoms with Crippen LogP contribution in [0.1, 0.15) is 140 Å². The normalized spacial score (nSPS) is 11.2. The lowest BCUT2D eigenvalue weighted by molar-refractivity contribution is 0.318. The molecule has 2 rings (SSSR count). The van der Waals surface area contributed by atoms with Crippen LogP contribution in [0.4, 0.5) is 0 Å². The average Bonchev–Trinajstić information content (AvgIpc) is 2.94. The molecule has 0 radical (unpaired) electrons. The van der Waals surface area contributed by atoms with Crippen LogP contribution in [-0.4, -0.2) is 32.6 Å². The van der Waals surface area contributed by atoms with Gasteiger partial charge in [-0.15, -0.1) is 0 Å². The molecule has 0 aliphatic heterocycles. The second-order valence-electron chi connectivity index (χ2n) is 10.4. The van der Waals surface area contributed by atoms with E-state index in [1.165, 1.54) is 107 Å². The monoisotopic (exact) mass is 556 g/mol. The van der Waals surface area contributed by atoms with Crippen LogP contribution in [0, 0.1) is 0 Å². The summed E-state index contributed by atoms with van der Waals surface area (Å²) in [5.74, 6) is 0.324. The number of hydrogen-bond donors (Lipinski definition) is 4. The zero-order valence-electron chi connectivity index (χ0n) is 24.5. The van der Waals surface area contributed by atoms with Crippen LogP contribution in [0.5, 0.6) is 11.5 Å². The van der Waals surface area contributed by atoms with E-state index in [1.54, 1.807) is 19.1 Å². The van der Waals surface area contributed by atoms with E-state index in [-0.39, 0.29) is 18.9 Å². The van der Waals surface area contributed by atoms with E-state index >= 15 is 0 Å². The second-order valence-corrected chi connectivity index (χ2v) is 10.4. The minimum Gasteiger partial charge on any atom is -0.507 e. The Kier molecular flexibility index (Phi) is 22.0. The van der Waals surface area contributed by atoms with Crippen LogP contribution in [0.2, 0.25) is 0 Å². The Hall–Kier alpha value is -3.02. The minimum absolute atomic E-state index is 0. The van der Waals surface area contributed by atoms with Gasteiger partial charge in [0.1, 0.15) is 11.5 Å². The molecule has 0 amide bonds. The third-order valence-corrected chi connectivity index (χ3v) is 7.03. The molecule has 0 aliphatic carbocycles. The van der Waals surface area contributed by atoms with E-state index in [0.717, 1.165) is 12.8 Å². The predicted octanol–water partition coefficient (Wildman–Crippen LogP) is 10.0. The Bertz CT molecular complexity index is 972. The molecule has 40 heavy (non-hydrogen) atoms. The molecule has 0 spiro atoms. The van der Waals surface area contributed by atoms with Crippen molar-refractivity contribution in [1.82, 2.24) is 0 Å². The lowest BCUT2D eigenvalue weighted by Crippen LogP contribution is -1.97. The smallest absolute Gasteiger partial charge is 0.124 e. The SMILES string of the molecule is C.CCCCCCCCCc1ccc(O)c(/C(C)=N\O)c1.CCCCCCCCCc1ccc(O)c(/C=N\O)c1. The van der Waals surface area contributed by atoms with Crippen LogP contribution < -0.4 is 0 Å². The summed E-state index contributed by atoms with van der Waals surface area (Å²) in [5, 5.41) is 42.7. The summed E-state index contributed by atoms with van der Waals surface area (Å²) in [6.07, 6.45) is 21.4. The first-order valence-corrected chi connectivity index (χ1v) is 15.0. The highest BCUT2D eigenvalue weighted by molar-refractivity contribution is 6.00. The molecular formula is C34H56N2O4. The summed E-state index contributed by atoms with van der Waals surface area (Å²) in [6.45, 7) is 6.16. The van der Waals surface area contributed by atoms with Gasteiger partial charge in [-0.2, -0.15) is 0 Å². The van der Waals surface area contributed by atoms with Gasteiger partial charge in [-0.05, 0) is 68.0 Å². The molecule has 2 aromatic carbocycles. The summed E-state index contributed by atoms with van der Waals surface area (Å²) in [5.41, 5.74) is 4.01. The number of unbranched alkanes of at least 4 members (excludes halogenated alkanes) is 12. The lowest BCUT2D eigenvalue weighted by atomic mass is 10.0. The second kappa shape index (κ2) is 23.8. The molecule has 226 valence electrons. The average molecular weight is 557 g/mol. The van der Waals surface area contributed by atoms with Crippen molar-refractivity contribution in [1.29, 1.82) is 0 Å². The molecule has 0 aliphatic rings. The van der Waals surface area contributed by atoms with Gasteiger partial charge in [0.05, 0.1) is 11.9 Å². The number of aryl methyl sites for hydroxylation is 2. The van der Waals surface area contributed by atoms with Gasteiger partial charge in [-0.25, -0.2) is 0 Å². The van der Waals surface area contributed by atoms with Crippen LogP contribution in [-0.2, 0) is 12.8 Å². The van der Waals surface area contributed by atoms with Crippen molar-refractivity contribution in [3.05, 3.63) is 58.7 Å². The van der Waals surface area contributed by atoms with Crippen molar-refractivity contribution in [3.63, 3.8) is 0 Å². The third-order valence-electron chi connectivity index (χ3n) is 7.03. The maximum atomic E-state index is 9.74. The number of benzene rings is 2. The van der Waals surface area contributed by atoms with E-state index in [2.05, 4.69) is 24.2 Å². The number of aromatic hydroxyl groups is 2. The van der Waals surface area contributed by atoms with E-state index in [9.17, 15) is 10.2 Å². The number of oxime groups is 2. The van der Waals surface area contributed by atoms with Crippen LogP contribution in [0.15, 0.2) is 46.7 Å². The van der Waals surface area contributed by atoms with Crippen molar-refractivity contribution in [2.75, 3.05) is 0 Å². The fourth-order valence-corrected chi connectivity index (χ4v) is 4.58. The lowest BCUT2D eigenvalue weighted by Gasteiger charge is -2.07. The fraction of sp³-hybridized carbons (Fsp3) is 0.588. The molecule has 6 nitrogen and oxygen atoms in total. The third kappa shape index (κ3) is 16.2. The molecule has 0 bridgehead atoms. The van der Waals surface area contributed by atoms with Gasteiger partial charge in [0, 0.05) is 11.1 Å². The molecular weight excluding hydrogens is 500 g/mol. The van der Waals surface area contributed by atoms with E-state index < -0.39 is 0 Å². The summed E-state index contributed by atoms with van der Waals surface area (Å²) >= 11 is 0. The van der Waals surface area contributed by atoms with Gasteiger partial charge in [-0.3, -0.25) is 0 Å². The van der Waals surface area contributed by atoms with E-state index in [0.29, 0.717) is 16.8 Å². The predicted molar refractivity (Wildman–Crippen MR) is 170 cm³/mol. The zero-order chi connectivity index (χ0) is 28.7. The quantitative estimate of drug-likeness (QED) is 0.0634. The molecule has 2 aromatic rings. The highest BCUT2D eigenvalue weighted by Crippen LogP contribution is 2.21. The number of phenols is 2. The van der Waals surface area contributed by atoms with Crippen molar-refractivity contribution in [2.24, 2.45) is 10.3 Å². The Labute approximate surface area is 243 Å². The van der Waals surface area contributed by atoms with Crippen molar-refractivity contribution >= 4 is 11.9 Å². The zero-order valence-corrected chi connectivity index (χ0v) is 24.5. The molecule has 0 unspecified atom stereocenters. The number of hydrogen-bond acceptors (Lipinski definition) is 6. The Balaban J connectivity index is 0.000000743. The Morgan fingerprint density at radius 2 is 1.10 bits per heavy atom. The van der Waals surface area contributed by atoms with E-state index in [1.807, 2.05) is 24.3 Å². The fourth-order valence-electron chi connectivity index (χ4n) is 4.58. The van der Waals surface area contributed by atoms with Crippen LogP contribution in [0.3, 0.4) is 0 Å². The molecule has 4 N–H and O–H groups in total. The summed E-state index contributed by atoms with van der Waals surface area (Å²) < 4.78 is 0. The van der Waals surface area contributed by atoms with Crippen LogP contribution >= 0.6 is 0 Å². The summed E-state index contributed by atoms with van der Waals surface area (Å²) in [4.78, 5) is 0. The highest BCUT2D eigenvalue weighted by atomic mass is 16.4. The Morgan fingerprint density at radius 3 is 1.57 bits per heavy atom. The number of phenolic OH excluding ortho intramolecular Hbond substituents is 2. The molecule has 0 saturated carbocycles. The van der Waals surface area contributed by atoms with Crippen molar-refractivity contribution < 1.29 is 20.6 Å². The largest absolute Gasteiger partial charge is 0.507 e. The topological polar surface area (TPSA) is 106 Å². The maximum absolute atomic E-state index is 9.74. The molecule has 0 fully saturated rings. The van der Waals surface area contributed by atoms with Gasteiger partial charge < -0.3 is 20.6 Å². The van der Waals surface area contributed by atoms with Crippen molar-refractivity contribution in [3.8, 4) is 11.5 Å². The van der Waals surface area contributed by atoms with Crippen LogP contribution in [0.25, 0.3) is 0 Å².